The second kappa shape index (κ2) is 8.59. The highest BCUT2D eigenvalue weighted by Gasteiger charge is 2.11. The number of aromatic amines is 1. The van der Waals surface area contributed by atoms with E-state index in [4.69, 9.17) is 9.47 Å². The number of thioether (sulfide) groups is 1. The number of hydrogen-bond donors (Lipinski definition) is 2. The Morgan fingerprint density at radius 1 is 1.15 bits per heavy atom. The number of fused-ring (bicyclic) bond motifs is 1. The average Bonchev–Trinajstić information content (AvgIpc) is 2.70. The summed E-state index contributed by atoms with van der Waals surface area (Å²) in [6.45, 7) is 0.307. The van der Waals surface area contributed by atoms with E-state index in [1.54, 1.807) is 38.5 Å². The van der Waals surface area contributed by atoms with E-state index in [0.29, 0.717) is 34.1 Å². The molecule has 1 heterocycles. The van der Waals surface area contributed by atoms with Crippen LogP contribution in [0.25, 0.3) is 10.9 Å². The van der Waals surface area contributed by atoms with Crippen LogP contribution >= 0.6 is 11.8 Å². The Bertz CT molecular complexity index is 1020. The molecule has 27 heavy (non-hydrogen) atoms. The van der Waals surface area contributed by atoms with Crippen molar-refractivity contribution in [2.24, 2.45) is 0 Å². The van der Waals surface area contributed by atoms with Crippen LogP contribution in [0.2, 0.25) is 0 Å². The molecule has 0 saturated heterocycles. The van der Waals surface area contributed by atoms with Gasteiger partial charge in [-0.05, 0) is 18.2 Å². The molecule has 0 aliphatic rings. The van der Waals surface area contributed by atoms with Gasteiger partial charge in [-0.2, -0.15) is 0 Å². The number of hydrogen-bond acceptors (Lipinski definition) is 6. The van der Waals surface area contributed by atoms with Crippen molar-refractivity contribution in [2.75, 3.05) is 20.0 Å². The maximum Gasteiger partial charge on any atom is 0.259 e. The summed E-state index contributed by atoms with van der Waals surface area (Å²) < 4.78 is 10.6. The SMILES string of the molecule is COc1cccc(CNC(=O)CSc2nc3ccccc3c(=O)[nH]2)c1OC. The van der Waals surface area contributed by atoms with Crippen molar-refractivity contribution in [3.05, 3.63) is 58.4 Å². The number of aromatic nitrogens is 2. The number of carbonyl (C=O) groups excluding carboxylic acids is 1. The van der Waals surface area contributed by atoms with Crippen LogP contribution in [0.4, 0.5) is 0 Å². The van der Waals surface area contributed by atoms with Crippen molar-refractivity contribution in [1.29, 1.82) is 0 Å². The minimum atomic E-state index is -0.218. The monoisotopic (exact) mass is 385 g/mol. The molecular weight excluding hydrogens is 366 g/mol. The molecule has 3 aromatic rings. The molecular formula is C19H19N3O4S. The smallest absolute Gasteiger partial charge is 0.259 e. The van der Waals surface area contributed by atoms with Crippen molar-refractivity contribution >= 4 is 28.6 Å². The van der Waals surface area contributed by atoms with Crippen molar-refractivity contribution in [3.63, 3.8) is 0 Å². The molecule has 7 nitrogen and oxygen atoms in total. The van der Waals surface area contributed by atoms with Gasteiger partial charge in [-0.25, -0.2) is 4.98 Å². The number of ether oxygens (including phenoxy) is 2. The highest BCUT2D eigenvalue weighted by atomic mass is 32.2. The molecule has 8 heteroatoms. The van der Waals surface area contributed by atoms with Crippen molar-refractivity contribution in [1.82, 2.24) is 15.3 Å². The molecule has 0 bridgehead atoms. The van der Waals surface area contributed by atoms with E-state index < -0.39 is 0 Å². The molecule has 0 saturated carbocycles. The first kappa shape index (κ1) is 18.8. The van der Waals surface area contributed by atoms with Crippen LogP contribution < -0.4 is 20.3 Å². The van der Waals surface area contributed by atoms with Crippen LogP contribution in [0.1, 0.15) is 5.56 Å². The summed E-state index contributed by atoms with van der Waals surface area (Å²) in [6.07, 6.45) is 0. The van der Waals surface area contributed by atoms with E-state index in [0.717, 1.165) is 5.56 Å². The van der Waals surface area contributed by atoms with Crippen LogP contribution in [-0.4, -0.2) is 35.8 Å². The fraction of sp³-hybridized carbons (Fsp3) is 0.211. The number of para-hydroxylation sites is 2. The fourth-order valence-electron chi connectivity index (χ4n) is 2.60. The predicted octanol–water partition coefficient (Wildman–Crippen LogP) is 2.35. The number of nitrogens with zero attached hydrogens (tertiary/aromatic N) is 1. The number of H-pyrrole nitrogens is 1. The molecule has 0 radical (unpaired) electrons. The van der Waals surface area contributed by atoms with Crippen LogP contribution in [0.5, 0.6) is 11.5 Å². The van der Waals surface area contributed by atoms with Crippen molar-refractivity contribution < 1.29 is 14.3 Å². The zero-order chi connectivity index (χ0) is 19.2. The fourth-order valence-corrected chi connectivity index (χ4v) is 3.30. The molecule has 2 aromatic carbocycles. The molecule has 0 aliphatic carbocycles. The van der Waals surface area contributed by atoms with Gasteiger partial charge in [-0.1, -0.05) is 36.0 Å². The van der Waals surface area contributed by atoms with Crippen LogP contribution in [0.15, 0.2) is 52.4 Å². The van der Waals surface area contributed by atoms with E-state index in [1.165, 1.54) is 11.8 Å². The molecule has 0 fully saturated rings. The van der Waals surface area contributed by atoms with Gasteiger partial charge in [0.25, 0.3) is 5.56 Å². The summed E-state index contributed by atoms with van der Waals surface area (Å²) in [6, 6.07) is 12.6. The summed E-state index contributed by atoms with van der Waals surface area (Å²) in [7, 11) is 3.12. The Balaban J connectivity index is 1.62. The van der Waals surface area contributed by atoms with Crippen LogP contribution in [0, 0.1) is 0 Å². The number of carbonyl (C=O) groups is 1. The Morgan fingerprint density at radius 2 is 1.96 bits per heavy atom. The van der Waals surface area contributed by atoms with Crippen LogP contribution in [-0.2, 0) is 11.3 Å². The molecule has 0 spiro atoms. The van der Waals surface area contributed by atoms with Gasteiger partial charge >= 0.3 is 0 Å². The van der Waals surface area contributed by atoms with Gasteiger partial charge in [0, 0.05) is 12.1 Å². The Hall–Kier alpha value is -3.00. The zero-order valence-corrected chi connectivity index (χ0v) is 15.8. The lowest BCUT2D eigenvalue weighted by Crippen LogP contribution is -2.25. The highest BCUT2D eigenvalue weighted by Crippen LogP contribution is 2.30. The Kier molecular flexibility index (Phi) is 5.97. The summed E-state index contributed by atoms with van der Waals surface area (Å²) in [5.74, 6) is 1.15. The second-order valence-electron chi connectivity index (χ2n) is 5.61. The average molecular weight is 385 g/mol. The van der Waals surface area contributed by atoms with Crippen molar-refractivity contribution in [3.8, 4) is 11.5 Å². The Morgan fingerprint density at radius 3 is 2.74 bits per heavy atom. The van der Waals surface area contributed by atoms with Gasteiger partial charge in [0.2, 0.25) is 5.91 Å². The van der Waals surface area contributed by atoms with Crippen molar-refractivity contribution in [2.45, 2.75) is 11.7 Å². The summed E-state index contributed by atoms with van der Waals surface area (Å²) in [5.41, 5.74) is 1.20. The molecule has 2 N–H and O–H groups in total. The van der Waals surface area contributed by atoms with E-state index >= 15 is 0 Å². The van der Waals surface area contributed by atoms with Gasteiger partial charge < -0.3 is 19.8 Å². The third-order valence-corrected chi connectivity index (χ3v) is 4.76. The largest absolute Gasteiger partial charge is 0.493 e. The maximum absolute atomic E-state index is 12.2. The lowest BCUT2D eigenvalue weighted by molar-refractivity contribution is -0.118. The molecule has 140 valence electrons. The van der Waals surface area contributed by atoms with Gasteiger partial charge in [0.1, 0.15) is 0 Å². The number of rotatable bonds is 7. The molecule has 3 rings (SSSR count). The van der Waals surface area contributed by atoms with Gasteiger partial charge in [-0.15, -0.1) is 0 Å². The van der Waals surface area contributed by atoms with E-state index in [-0.39, 0.29) is 17.2 Å². The topological polar surface area (TPSA) is 93.3 Å². The van der Waals surface area contributed by atoms with E-state index in [2.05, 4.69) is 15.3 Å². The lowest BCUT2D eigenvalue weighted by atomic mass is 10.2. The highest BCUT2D eigenvalue weighted by molar-refractivity contribution is 7.99. The third-order valence-electron chi connectivity index (χ3n) is 3.89. The first-order valence-electron chi connectivity index (χ1n) is 8.21. The molecule has 0 aliphatic heterocycles. The molecule has 1 amide bonds. The van der Waals surface area contributed by atoms with Gasteiger partial charge in [-0.3, -0.25) is 9.59 Å². The van der Waals surface area contributed by atoms with Gasteiger partial charge in [0.15, 0.2) is 16.7 Å². The zero-order valence-electron chi connectivity index (χ0n) is 14.9. The Labute approximate surface area is 160 Å². The number of benzene rings is 2. The first-order valence-corrected chi connectivity index (χ1v) is 9.19. The van der Waals surface area contributed by atoms with Gasteiger partial charge in [0.05, 0.1) is 30.9 Å². The van der Waals surface area contributed by atoms with E-state index in [1.807, 2.05) is 18.2 Å². The third kappa shape index (κ3) is 4.40. The summed E-state index contributed by atoms with van der Waals surface area (Å²) >= 11 is 1.18. The quantitative estimate of drug-likeness (QED) is 0.479. The predicted molar refractivity (Wildman–Crippen MR) is 104 cm³/mol. The second-order valence-corrected chi connectivity index (χ2v) is 6.57. The number of amides is 1. The summed E-state index contributed by atoms with van der Waals surface area (Å²) in [5, 5.41) is 3.77. The minimum Gasteiger partial charge on any atom is -0.493 e. The molecule has 1 aromatic heterocycles. The standard InChI is InChI=1S/C19H19N3O4S/c1-25-15-9-5-6-12(17(15)26-2)10-20-16(23)11-27-19-21-14-8-4-3-7-13(14)18(24)22-19/h3-9H,10-11H2,1-2H3,(H,20,23)(H,21,22,24). The lowest BCUT2D eigenvalue weighted by Gasteiger charge is -2.13. The van der Waals surface area contributed by atoms with E-state index in [9.17, 15) is 9.59 Å². The molecule has 0 atom stereocenters. The number of nitrogens with one attached hydrogen (secondary N) is 2. The van der Waals surface area contributed by atoms with Crippen LogP contribution in [0.3, 0.4) is 0 Å². The normalized spacial score (nSPS) is 10.6. The summed E-state index contributed by atoms with van der Waals surface area (Å²) in [4.78, 5) is 31.3. The molecule has 0 unspecified atom stereocenters. The number of methoxy groups -OCH3 is 2. The first-order chi connectivity index (χ1) is 13.1. The maximum atomic E-state index is 12.2. The minimum absolute atomic E-state index is 0.133.